The van der Waals surface area contributed by atoms with E-state index >= 15 is 0 Å². The second-order valence-electron chi connectivity index (χ2n) is 2.33. The highest BCUT2D eigenvalue weighted by Gasteiger charge is 1.96. The van der Waals surface area contributed by atoms with E-state index in [1.54, 1.807) is 0 Å². The summed E-state index contributed by atoms with van der Waals surface area (Å²) in [5.41, 5.74) is 0. The Balaban J connectivity index is 3.14. The standard InChI is InChI=1S/C7H14N2/c1-7(4-6-9)3-2-5-8/h5-9H,2-4H2,1H3. The van der Waals surface area contributed by atoms with Gasteiger partial charge in [-0.3, -0.25) is 0 Å². The topological polar surface area (TPSA) is 47.7 Å². The van der Waals surface area contributed by atoms with Gasteiger partial charge in [0.15, 0.2) is 0 Å². The van der Waals surface area contributed by atoms with Crippen LogP contribution in [-0.4, -0.2) is 12.4 Å². The third-order valence-electron chi connectivity index (χ3n) is 1.32. The molecule has 52 valence electrons. The van der Waals surface area contributed by atoms with Crippen molar-refractivity contribution in [3.05, 3.63) is 0 Å². The average molecular weight is 126 g/mol. The summed E-state index contributed by atoms with van der Waals surface area (Å²) in [5.74, 6) is 0.573. The van der Waals surface area contributed by atoms with Gasteiger partial charge in [0.2, 0.25) is 0 Å². The van der Waals surface area contributed by atoms with Crippen LogP contribution < -0.4 is 0 Å². The van der Waals surface area contributed by atoms with Crippen molar-refractivity contribution in [2.75, 3.05) is 0 Å². The van der Waals surface area contributed by atoms with Gasteiger partial charge >= 0.3 is 0 Å². The third kappa shape index (κ3) is 5.21. The van der Waals surface area contributed by atoms with Crippen LogP contribution in [0.15, 0.2) is 0 Å². The van der Waals surface area contributed by atoms with E-state index in [4.69, 9.17) is 10.8 Å². The highest BCUT2D eigenvalue weighted by molar-refractivity contribution is 5.54. The summed E-state index contributed by atoms with van der Waals surface area (Å²) >= 11 is 0. The molecular formula is C7H14N2. The maximum absolute atomic E-state index is 6.79. The molecule has 2 nitrogen and oxygen atoms in total. The maximum atomic E-state index is 6.79. The smallest absolute Gasteiger partial charge is 0.00451 e. The molecule has 0 aliphatic carbocycles. The van der Waals surface area contributed by atoms with Crippen LogP contribution in [0.25, 0.3) is 0 Å². The van der Waals surface area contributed by atoms with Crippen LogP contribution in [0.2, 0.25) is 0 Å². The molecule has 0 spiro atoms. The first-order valence-electron chi connectivity index (χ1n) is 3.29. The van der Waals surface area contributed by atoms with Gasteiger partial charge in [-0.25, -0.2) is 0 Å². The molecule has 0 radical (unpaired) electrons. The SMILES string of the molecule is CC(CC=N)CCC=N. The van der Waals surface area contributed by atoms with E-state index in [0.717, 1.165) is 19.3 Å². The van der Waals surface area contributed by atoms with Crippen LogP contribution in [0.3, 0.4) is 0 Å². The maximum Gasteiger partial charge on any atom is -0.00451 e. The third-order valence-corrected chi connectivity index (χ3v) is 1.32. The van der Waals surface area contributed by atoms with Crippen molar-refractivity contribution >= 4 is 12.4 Å². The van der Waals surface area contributed by atoms with E-state index in [1.807, 2.05) is 0 Å². The van der Waals surface area contributed by atoms with Crippen LogP contribution >= 0.6 is 0 Å². The summed E-state index contributed by atoms with van der Waals surface area (Å²) in [6.45, 7) is 2.11. The normalized spacial score (nSPS) is 12.6. The molecule has 0 aliphatic rings. The Kier molecular flexibility index (Phi) is 5.07. The Morgan fingerprint density at radius 3 is 2.44 bits per heavy atom. The first-order valence-corrected chi connectivity index (χ1v) is 3.29. The van der Waals surface area contributed by atoms with Crippen molar-refractivity contribution in [2.45, 2.75) is 26.2 Å². The Labute approximate surface area is 56.3 Å². The zero-order valence-corrected chi connectivity index (χ0v) is 5.85. The summed E-state index contributed by atoms with van der Waals surface area (Å²) in [6.07, 6.45) is 5.62. The van der Waals surface area contributed by atoms with Crippen molar-refractivity contribution in [3.63, 3.8) is 0 Å². The van der Waals surface area contributed by atoms with E-state index in [-0.39, 0.29) is 0 Å². The molecule has 0 aliphatic heterocycles. The predicted octanol–water partition coefficient (Wildman–Crippen LogP) is 2.09. The average Bonchev–Trinajstić information content (AvgIpc) is 1.85. The van der Waals surface area contributed by atoms with Gasteiger partial charge in [-0.05, 0) is 37.6 Å². The van der Waals surface area contributed by atoms with Gasteiger partial charge in [0.05, 0.1) is 0 Å². The number of hydrogen-bond acceptors (Lipinski definition) is 2. The Morgan fingerprint density at radius 1 is 1.33 bits per heavy atom. The Bertz CT molecular complexity index is 88.9. The fraction of sp³-hybridized carbons (Fsp3) is 0.714. The highest BCUT2D eigenvalue weighted by Crippen LogP contribution is 2.06. The lowest BCUT2D eigenvalue weighted by Gasteiger charge is -2.03. The molecule has 9 heavy (non-hydrogen) atoms. The molecule has 0 saturated heterocycles. The van der Waals surface area contributed by atoms with Crippen molar-refractivity contribution in [3.8, 4) is 0 Å². The van der Waals surface area contributed by atoms with Crippen LogP contribution in [-0.2, 0) is 0 Å². The molecule has 2 heteroatoms. The molecule has 1 unspecified atom stereocenters. The predicted molar refractivity (Wildman–Crippen MR) is 40.6 cm³/mol. The monoisotopic (exact) mass is 126 g/mol. The summed E-state index contributed by atoms with van der Waals surface area (Å²) in [7, 11) is 0. The fourth-order valence-electron chi connectivity index (χ4n) is 0.687. The van der Waals surface area contributed by atoms with Crippen LogP contribution in [0, 0.1) is 16.7 Å². The molecular weight excluding hydrogens is 112 g/mol. The molecule has 1 atom stereocenters. The van der Waals surface area contributed by atoms with Gasteiger partial charge in [-0.2, -0.15) is 0 Å². The lowest BCUT2D eigenvalue weighted by Crippen LogP contribution is -1.94. The van der Waals surface area contributed by atoms with Crippen LogP contribution in [0.5, 0.6) is 0 Å². The van der Waals surface area contributed by atoms with E-state index in [9.17, 15) is 0 Å². The molecule has 0 amide bonds. The molecule has 0 aromatic heterocycles. The van der Waals surface area contributed by atoms with Gasteiger partial charge in [0.25, 0.3) is 0 Å². The fourth-order valence-corrected chi connectivity index (χ4v) is 0.687. The van der Waals surface area contributed by atoms with E-state index in [0.29, 0.717) is 5.92 Å². The first-order chi connectivity index (χ1) is 4.31. The summed E-state index contributed by atoms with van der Waals surface area (Å²) in [6, 6.07) is 0. The van der Waals surface area contributed by atoms with Crippen molar-refractivity contribution in [1.29, 1.82) is 10.8 Å². The number of rotatable bonds is 5. The molecule has 0 aromatic rings. The summed E-state index contributed by atoms with van der Waals surface area (Å²) in [4.78, 5) is 0. The van der Waals surface area contributed by atoms with Gasteiger partial charge in [-0.15, -0.1) is 0 Å². The van der Waals surface area contributed by atoms with Crippen molar-refractivity contribution in [1.82, 2.24) is 0 Å². The minimum atomic E-state index is 0.573. The molecule has 0 rings (SSSR count). The minimum absolute atomic E-state index is 0.573. The highest BCUT2D eigenvalue weighted by atomic mass is 14.3. The van der Waals surface area contributed by atoms with Gasteiger partial charge in [-0.1, -0.05) is 6.92 Å². The molecule has 2 N–H and O–H groups in total. The van der Waals surface area contributed by atoms with Gasteiger partial charge < -0.3 is 10.8 Å². The number of hydrogen-bond donors (Lipinski definition) is 2. The second-order valence-corrected chi connectivity index (χ2v) is 2.33. The van der Waals surface area contributed by atoms with E-state index in [2.05, 4.69) is 6.92 Å². The Morgan fingerprint density at radius 2 is 2.00 bits per heavy atom. The first kappa shape index (κ1) is 8.34. The summed E-state index contributed by atoms with van der Waals surface area (Å²) in [5, 5.41) is 13.5. The lowest BCUT2D eigenvalue weighted by molar-refractivity contribution is 0.573. The van der Waals surface area contributed by atoms with E-state index in [1.165, 1.54) is 12.4 Å². The molecule has 0 bridgehead atoms. The molecule has 0 fully saturated rings. The summed E-state index contributed by atoms with van der Waals surface area (Å²) < 4.78 is 0. The quantitative estimate of drug-likeness (QED) is 0.530. The minimum Gasteiger partial charge on any atom is -0.313 e. The largest absolute Gasteiger partial charge is 0.313 e. The zero-order chi connectivity index (χ0) is 7.11. The lowest BCUT2D eigenvalue weighted by atomic mass is 10.0. The van der Waals surface area contributed by atoms with E-state index < -0.39 is 0 Å². The van der Waals surface area contributed by atoms with Crippen molar-refractivity contribution in [2.24, 2.45) is 5.92 Å². The van der Waals surface area contributed by atoms with Gasteiger partial charge in [0.1, 0.15) is 0 Å². The van der Waals surface area contributed by atoms with Crippen molar-refractivity contribution < 1.29 is 0 Å². The Hall–Kier alpha value is -0.660. The molecule has 0 saturated carbocycles. The second kappa shape index (κ2) is 5.48. The molecule has 0 heterocycles. The van der Waals surface area contributed by atoms with Gasteiger partial charge in [0, 0.05) is 0 Å². The van der Waals surface area contributed by atoms with Crippen LogP contribution in [0.1, 0.15) is 26.2 Å². The molecule has 0 aromatic carbocycles. The zero-order valence-electron chi connectivity index (χ0n) is 5.85. The number of nitrogens with one attached hydrogen (secondary N) is 2. The van der Waals surface area contributed by atoms with Crippen LogP contribution in [0.4, 0.5) is 0 Å².